The van der Waals surface area contributed by atoms with E-state index in [1.165, 1.54) is 45.2 Å². The van der Waals surface area contributed by atoms with Crippen LogP contribution in [-0.4, -0.2) is 41.1 Å². The van der Waals surface area contributed by atoms with Crippen molar-refractivity contribution in [1.29, 1.82) is 0 Å². The lowest BCUT2D eigenvalue weighted by Crippen LogP contribution is -2.59. The molecule has 2 saturated carbocycles. The predicted octanol–water partition coefficient (Wildman–Crippen LogP) is 2.14. The molecule has 0 spiro atoms. The predicted molar refractivity (Wildman–Crippen MR) is 88.8 cm³/mol. The summed E-state index contributed by atoms with van der Waals surface area (Å²) in [5.74, 6) is 1.26. The highest BCUT2D eigenvalue weighted by atomic mass is 16.2. The summed E-state index contributed by atoms with van der Waals surface area (Å²) in [5, 5.41) is 6.25. The van der Waals surface area contributed by atoms with Crippen molar-refractivity contribution in [2.75, 3.05) is 13.1 Å². The van der Waals surface area contributed by atoms with Crippen LogP contribution in [0.5, 0.6) is 0 Å². The van der Waals surface area contributed by atoms with Gasteiger partial charge >= 0.3 is 6.03 Å². The van der Waals surface area contributed by atoms with Gasteiger partial charge in [-0.15, -0.1) is 0 Å². The summed E-state index contributed by atoms with van der Waals surface area (Å²) in [6.45, 7) is 2.89. The van der Waals surface area contributed by atoms with Gasteiger partial charge in [0, 0.05) is 44.1 Å². The number of pyridine rings is 1. The number of amides is 2. The smallest absolute Gasteiger partial charge is 0.315 e. The molecule has 2 unspecified atom stereocenters. The normalized spacial score (nSPS) is 30.7. The SMILES string of the molecule is O=C(NCc1cccnc1)NC1C2CCCC1CN(C1CC1)C2. The quantitative estimate of drug-likeness (QED) is 0.895. The lowest BCUT2D eigenvalue weighted by Gasteiger charge is -2.47. The minimum atomic E-state index is -0.0318. The Morgan fingerprint density at radius 1 is 1.22 bits per heavy atom. The first kappa shape index (κ1) is 14.9. The molecule has 2 N–H and O–H groups in total. The lowest BCUT2D eigenvalue weighted by molar-refractivity contribution is 0.0464. The van der Waals surface area contributed by atoms with Crippen LogP contribution >= 0.6 is 0 Å². The van der Waals surface area contributed by atoms with Gasteiger partial charge in [0.15, 0.2) is 0 Å². The fourth-order valence-corrected chi connectivity index (χ4v) is 4.33. The summed E-state index contributed by atoms with van der Waals surface area (Å²) in [4.78, 5) is 19.0. The second kappa shape index (κ2) is 6.48. The van der Waals surface area contributed by atoms with E-state index in [0.717, 1.165) is 11.6 Å². The highest BCUT2D eigenvalue weighted by Gasteiger charge is 2.43. The molecule has 4 rings (SSSR count). The summed E-state index contributed by atoms with van der Waals surface area (Å²) in [7, 11) is 0. The number of piperidine rings is 1. The number of likely N-dealkylation sites (tertiary alicyclic amines) is 1. The number of carbonyl (C=O) groups excluding carboxylic acids is 1. The maximum atomic E-state index is 12.3. The summed E-state index contributed by atoms with van der Waals surface area (Å²) in [6.07, 6.45) is 10.1. The van der Waals surface area contributed by atoms with Gasteiger partial charge in [-0.3, -0.25) is 9.88 Å². The van der Waals surface area contributed by atoms with E-state index in [-0.39, 0.29) is 6.03 Å². The van der Waals surface area contributed by atoms with E-state index in [4.69, 9.17) is 0 Å². The van der Waals surface area contributed by atoms with Gasteiger partial charge in [-0.2, -0.15) is 0 Å². The second-order valence-corrected chi connectivity index (χ2v) is 7.35. The third-order valence-corrected chi connectivity index (χ3v) is 5.64. The highest BCUT2D eigenvalue weighted by molar-refractivity contribution is 5.74. The molecule has 1 aromatic heterocycles. The Hall–Kier alpha value is -1.62. The molecule has 3 fully saturated rings. The van der Waals surface area contributed by atoms with E-state index in [1.807, 2.05) is 12.1 Å². The van der Waals surface area contributed by atoms with Crippen LogP contribution in [0.2, 0.25) is 0 Å². The highest BCUT2D eigenvalue weighted by Crippen LogP contribution is 2.39. The summed E-state index contributed by atoms with van der Waals surface area (Å²) >= 11 is 0. The van der Waals surface area contributed by atoms with Gasteiger partial charge < -0.3 is 10.6 Å². The van der Waals surface area contributed by atoms with Crippen LogP contribution in [0.1, 0.15) is 37.7 Å². The Morgan fingerprint density at radius 2 is 2.00 bits per heavy atom. The Labute approximate surface area is 137 Å². The van der Waals surface area contributed by atoms with Crippen LogP contribution in [0, 0.1) is 11.8 Å². The van der Waals surface area contributed by atoms with Crippen LogP contribution in [0.15, 0.2) is 24.5 Å². The zero-order chi connectivity index (χ0) is 15.6. The van der Waals surface area contributed by atoms with E-state index in [1.54, 1.807) is 12.4 Å². The lowest BCUT2D eigenvalue weighted by atomic mass is 9.73. The Kier molecular flexibility index (Phi) is 4.21. The number of urea groups is 1. The zero-order valence-corrected chi connectivity index (χ0v) is 13.6. The number of aromatic nitrogens is 1. The van der Waals surface area contributed by atoms with Gasteiger partial charge in [0.2, 0.25) is 0 Å². The summed E-state index contributed by atoms with van der Waals surface area (Å²) in [6, 6.07) is 5.05. The van der Waals surface area contributed by atoms with Crippen molar-refractivity contribution < 1.29 is 4.79 Å². The molecule has 1 saturated heterocycles. The second-order valence-electron chi connectivity index (χ2n) is 7.35. The zero-order valence-electron chi connectivity index (χ0n) is 13.6. The molecule has 5 nitrogen and oxygen atoms in total. The largest absolute Gasteiger partial charge is 0.335 e. The van der Waals surface area contributed by atoms with Gasteiger partial charge in [0.25, 0.3) is 0 Å². The molecule has 1 aromatic rings. The first-order valence-corrected chi connectivity index (χ1v) is 8.97. The third kappa shape index (κ3) is 3.50. The van der Waals surface area contributed by atoms with E-state index in [2.05, 4.69) is 20.5 Å². The number of nitrogens with one attached hydrogen (secondary N) is 2. The van der Waals surface area contributed by atoms with E-state index in [9.17, 15) is 4.79 Å². The summed E-state index contributed by atoms with van der Waals surface area (Å²) in [5.41, 5.74) is 1.03. The minimum absolute atomic E-state index is 0.0318. The van der Waals surface area contributed by atoms with Gasteiger partial charge in [-0.05, 0) is 49.1 Å². The van der Waals surface area contributed by atoms with Crippen molar-refractivity contribution >= 4 is 6.03 Å². The van der Waals surface area contributed by atoms with Crippen LogP contribution in [-0.2, 0) is 6.54 Å². The standard InChI is InChI=1S/C18H26N4O/c23-18(20-10-13-3-2-8-19-9-13)21-17-14-4-1-5-15(17)12-22(11-14)16-6-7-16/h2-3,8-9,14-17H,1,4-7,10-12H2,(H2,20,21,23). The molecule has 23 heavy (non-hydrogen) atoms. The van der Waals surface area contributed by atoms with Crippen molar-refractivity contribution in [2.45, 2.75) is 50.7 Å². The topological polar surface area (TPSA) is 57.3 Å². The molecule has 0 radical (unpaired) electrons. The number of carbonyl (C=O) groups is 1. The number of hydrogen-bond donors (Lipinski definition) is 2. The molecule has 3 aliphatic rings. The van der Waals surface area contributed by atoms with E-state index < -0.39 is 0 Å². The van der Waals surface area contributed by atoms with Crippen molar-refractivity contribution in [1.82, 2.24) is 20.5 Å². The number of hydrogen-bond acceptors (Lipinski definition) is 3. The number of fused-ring (bicyclic) bond motifs is 2. The van der Waals surface area contributed by atoms with Gasteiger partial charge in [-0.25, -0.2) is 4.79 Å². The molecular weight excluding hydrogens is 288 g/mol. The first-order chi connectivity index (χ1) is 11.3. The Balaban J connectivity index is 1.31. The molecule has 124 valence electrons. The first-order valence-electron chi connectivity index (χ1n) is 8.97. The van der Waals surface area contributed by atoms with Crippen LogP contribution in [0.4, 0.5) is 4.79 Å². The Bertz CT molecular complexity index is 531. The average molecular weight is 314 g/mol. The van der Waals surface area contributed by atoms with Crippen molar-refractivity contribution in [3.8, 4) is 0 Å². The van der Waals surface area contributed by atoms with Gasteiger partial charge in [0.1, 0.15) is 0 Å². The maximum Gasteiger partial charge on any atom is 0.315 e. The molecule has 2 bridgehead atoms. The average Bonchev–Trinajstić information content (AvgIpc) is 3.38. The minimum Gasteiger partial charge on any atom is -0.335 e. The van der Waals surface area contributed by atoms with Crippen molar-refractivity contribution in [3.63, 3.8) is 0 Å². The van der Waals surface area contributed by atoms with Crippen LogP contribution in [0.3, 0.4) is 0 Å². The molecule has 5 heteroatoms. The van der Waals surface area contributed by atoms with Gasteiger partial charge in [-0.1, -0.05) is 12.5 Å². The van der Waals surface area contributed by atoms with Crippen LogP contribution in [0.25, 0.3) is 0 Å². The fraction of sp³-hybridized carbons (Fsp3) is 0.667. The molecule has 0 aromatic carbocycles. The number of rotatable bonds is 4. The summed E-state index contributed by atoms with van der Waals surface area (Å²) < 4.78 is 0. The fourth-order valence-electron chi connectivity index (χ4n) is 4.33. The monoisotopic (exact) mass is 314 g/mol. The van der Waals surface area contributed by atoms with E-state index in [0.29, 0.717) is 24.4 Å². The van der Waals surface area contributed by atoms with Crippen LogP contribution < -0.4 is 10.6 Å². The third-order valence-electron chi connectivity index (χ3n) is 5.64. The molecular formula is C18H26N4O. The Morgan fingerprint density at radius 3 is 2.65 bits per heavy atom. The maximum absolute atomic E-state index is 12.3. The van der Waals surface area contributed by atoms with Crippen molar-refractivity contribution in [3.05, 3.63) is 30.1 Å². The van der Waals surface area contributed by atoms with E-state index >= 15 is 0 Å². The number of nitrogens with zero attached hydrogens (tertiary/aromatic N) is 2. The molecule has 2 atom stereocenters. The van der Waals surface area contributed by atoms with Gasteiger partial charge in [0.05, 0.1) is 0 Å². The molecule has 2 aliphatic carbocycles. The molecule has 1 aliphatic heterocycles. The van der Waals surface area contributed by atoms with Crippen molar-refractivity contribution in [2.24, 2.45) is 11.8 Å². The molecule has 2 amide bonds. The molecule has 2 heterocycles.